The summed E-state index contributed by atoms with van der Waals surface area (Å²) >= 11 is 1.61. The molecule has 4 aromatic rings. The molecule has 5 rings (SSSR count). The van der Waals surface area contributed by atoms with Gasteiger partial charge in [0.15, 0.2) is 5.78 Å². The standard InChI is InChI=1S/C30H32N2O3S/c1-34-24-12-8-22(9-13-24)30-28(26-15-14-25(35-2)20-27(26)36-30)29(33)21-6-10-23(11-7-21)31-16-19-32-17-4-3-5-18-32/h6-15,20,31H,3-5,16-19H2,1-2H3. The Kier molecular flexibility index (Phi) is 7.54. The van der Waals surface area contributed by atoms with Gasteiger partial charge in [-0.1, -0.05) is 6.42 Å². The molecule has 5 nitrogen and oxygen atoms in total. The van der Waals surface area contributed by atoms with E-state index in [9.17, 15) is 4.79 Å². The zero-order valence-corrected chi connectivity index (χ0v) is 21.7. The molecular formula is C30H32N2O3S. The van der Waals surface area contributed by atoms with Crippen molar-refractivity contribution in [2.45, 2.75) is 19.3 Å². The monoisotopic (exact) mass is 500 g/mol. The van der Waals surface area contributed by atoms with E-state index in [4.69, 9.17) is 9.47 Å². The lowest BCUT2D eigenvalue weighted by Gasteiger charge is -2.26. The lowest BCUT2D eigenvalue weighted by molar-refractivity contribution is 0.104. The molecule has 1 aromatic heterocycles. The number of benzene rings is 3. The fraction of sp³-hybridized carbons (Fsp3) is 0.300. The summed E-state index contributed by atoms with van der Waals surface area (Å²) in [6.07, 6.45) is 3.96. The van der Waals surface area contributed by atoms with Crippen LogP contribution >= 0.6 is 11.3 Å². The maximum Gasteiger partial charge on any atom is 0.195 e. The van der Waals surface area contributed by atoms with Crippen molar-refractivity contribution in [3.05, 3.63) is 77.9 Å². The summed E-state index contributed by atoms with van der Waals surface area (Å²) < 4.78 is 11.8. The zero-order chi connectivity index (χ0) is 24.9. The number of likely N-dealkylation sites (tertiary alicyclic amines) is 1. The number of thiophene rings is 1. The Morgan fingerprint density at radius 3 is 2.28 bits per heavy atom. The Hall–Kier alpha value is -3.35. The number of ether oxygens (including phenoxy) is 2. The highest BCUT2D eigenvalue weighted by molar-refractivity contribution is 7.22. The van der Waals surface area contributed by atoms with E-state index in [1.165, 1.54) is 32.4 Å². The van der Waals surface area contributed by atoms with Crippen molar-refractivity contribution in [1.82, 2.24) is 4.90 Å². The number of anilines is 1. The highest BCUT2D eigenvalue weighted by Crippen LogP contribution is 2.41. The fourth-order valence-electron chi connectivity index (χ4n) is 4.80. The summed E-state index contributed by atoms with van der Waals surface area (Å²) in [5.74, 6) is 1.60. The molecule has 0 spiro atoms. The molecule has 0 unspecified atom stereocenters. The molecule has 0 amide bonds. The summed E-state index contributed by atoms with van der Waals surface area (Å²) in [6.45, 7) is 4.36. The fourth-order valence-corrected chi connectivity index (χ4v) is 6.03. The van der Waals surface area contributed by atoms with Gasteiger partial charge < -0.3 is 19.7 Å². The van der Waals surface area contributed by atoms with E-state index in [1.807, 2.05) is 66.7 Å². The maximum absolute atomic E-state index is 13.8. The molecule has 6 heteroatoms. The van der Waals surface area contributed by atoms with E-state index in [0.717, 1.165) is 56.4 Å². The second-order valence-corrected chi connectivity index (χ2v) is 10.2. The minimum absolute atomic E-state index is 0.0251. The molecule has 36 heavy (non-hydrogen) atoms. The van der Waals surface area contributed by atoms with Crippen LogP contribution in [-0.4, -0.2) is 51.1 Å². The molecule has 1 fully saturated rings. The van der Waals surface area contributed by atoms with Gasteiger partial charge in [-0.3, -0.25) is 4.79 Å². The number of carbonyl (C=O) groups excluding carboxylic acids is 1. The highest BCUT2D eigenvalue weighted by atomic mass is 32.1. The van der Waals surface area contributed by atoms with E-state index in [1.54, 1.807) is 25.6 Å². The number of hydrogen-bond acceptors (Lipinski definition) is 6. The van der Waals surface area contributed by atoms with Crippen molar-refractivity contribution in [1.29, 1.82) is 0 Å². The molecule has 1 N–H and O–H groups in total. The molecule has 186 valence electrons. The number of nitrogens with one attached hydrogen (secondary N) is 1. The van der Waals surface area contributed by atoms with Crippen LogP contribution in [0.15, 0.2) is 66.7 Å². The zero-order valence-electron chi connectivity index (χ0n) is 20.9. The first-order valence-electron chi connectivity index (χ1n) is 12.5. The van der Waals surface area contributed by atoms with Crippen molar-refractivity contribution in [2.24, 2.45) is 0 Å². The normalized spacial score (nSPS) is 14.1. The van der Waals surface area contributed by atoms with Crippen LogP contribution in [0.4, 0.5) is 5.69 Å². The van der Waals surface area contributed by atoms with Gasteiger partial charge in [-0.05, 0) is 98.2 Å². The van der Waals surface area contributed by atoms with Crippen molar-refractivity contribution >= 4 is 32.9 Å². The van der Waals surface area contributed by atoms with E-state index in [0.29, 0.717) is 5.56 Å². The number of fused-ring (bicyclic) bond motifs is 1. The number of ketones is 1. The van der Waals surface area contributed by atoms with E-state index >= 15 is 0 Å². The molecule has 3 aromatic carbocycles. The molecule has 0 radical (unpaired) electrons. The van der Waals surface area contributed by atoms with Crippen LogP contribution in [0.5, 0.6) is 11.5 Å². The van der Waals surface area contributed by atoms with Crippen molar-refractivity contribution in [2.75, 3.05) is 45.7 Å². The topological polar surface area (TPSA) is 50.8 Å². The average Bonchev–Trinajstić information content (AvgIpc) is 3.32. The Morgan fingerprint density at radius 1 is 0.889 bits per heavy atom. The minimum atomic E-state index is 0.0251. The Morgan fingerprint density at radius 2 is 1.58 bits per heavy atom. The minimum Gasteiger partial charge on any atom is -0.497 e. The first-order valence-corrected chi connectivity index (χ1v) is 13.3. The van der Waals surface area contributed by atoms with Crippen molar-refractivity contribution in [3.8, 4) is 21.9 Å². The van der Waals surface area contributed by atoms with Gasteiger partial charge in [0.2, 0.25) is 0 Å². The van der Waals surface area contributed by atoms with Crippen LogP contribution in [0.2, 0.25) is 0 Å². The Labute approximate surface area is 216 Å². The van der Waals surface area contributed by atoms with Crippen LogP contribution in [0.25, 0.3) is 20.5 Å². The first kappa shape index (κ1) is 24.3. The molecule has 0 aliphatic carbocycles. The van der Waals surface area contributed by atoms with Crippen molar-refractivity contribution in [3.63, 3.8) is 0 Å². The van der Waals surface area contributed by atoms with Gasteiger partial charge in [0, 0.05) is 44.9 Å². The molecule has 0 bridgehead atoms. The number of hydrogen-bond donors (Lipinski definition) is 1. The van der Waals surface area contributed by atoms with Gasteiger partial charge in [-0.25, -0.2) is 0 Å². The number of methoxy groups -OCH3 is 2. The summed E-state index contributed by atoms with van der Waals surface area (Å²) in [7, 11) is 3.31. The maximum atomic E-state index is 13.8. The smallest absolute Gasteiger partial charge is 0.195 e. The molecule has 1 aliphatic rings. The van der Waals surface area contributed by atoms with Crippen LogP contribution in [0, 0.1) is 0 Å². The van der Waals surface area contributed by atoms with E-state index in [2.05, 4.69) is 10.2 Å². The second-order valence-electron chi connectivity index (χ2n) is 9.13. The third-order valence-corrected chi connectivity index (χ3v) is 8.03. The predicted molar refractivity (Wildman–Crippen MR) is 149 cm³/mol. The van der Waals surface area contributed by atoms with Crippen LogP contribution in [0.1, 0.15) is 35.2 Å². The largest absolute Gasteiger partial charge is 0.497 e. The van der Waals surface area contributed by atoms with Crippen LogP contribution < -0.4 is 14.8 Å². The molecular weight excluding hydrogens is 468 g/mol. The number of rotatable bonds is 9. The highest BCUT2D eigenvalue weighted by Gasteiger charge is 2.22. The van der Waals surface area contributed by atoms with Gasteiger partial charge in [-0.15, -0.1) is 11.3 Å². The number of carbonyl (C=O) groups is 1. The Bertz CT molecular complexity index is 1320. The Balaban J connectivity index is 1.40. The van der Waals surface area contributed by atoms with Crippen LogP contribution in [-0.2, 0) is 0 Å². The summed E-state index contributed by atoms with van der Waals surface area (Å²) in [5.41, 5.74) is 3.45. The lowest BCUT2D eigenvalue weighted by Crippen LogP contribution is -2.33. The number of piperidine rings is 1. The summed E-state index contributed by atoms with van der Waals surface area (Å²) in [4.78, 5) is 17.3. The molecule has 1 aliphatic heterocycles. The molecule has 0 saturated carbocycles. The molecule has 2 heterocycles. The first-order chi connectivity index (χ1) is 17.7. The van der Waals surface area contributed by atoms with Gasteiger partial charge in [0.05, 0.1) is 14.2 Å². The SMILES string of the molecule is COc1ccc(-c2sc3cc(OC)ccc3c2C(=O)c2ccc(NCCN3CCCCC3)cc2)cc1. The molecule has 1 saturated heterocycles. The number of nitrogens with zero attached hydrogens (tertiary/aromatic N) is 1. The second kappa shape index (κ2) is 11.1. The van der Waals surface area contributed by atoms with Crippen LogP contribution in [0.3, 0.4) is 0 Å². The van der Waals surface area contributed by atoms with Gasteiger partial charge in [0.1, 0.15) is 11.5 Å². The van der Waals surface area contributed by atoms with Gasteiger partial charge in [-0.2, -0.15) is 0 Å². The van der Waals surface area contributed by atoms with Gasteiger partial charge in [0.25, 0.3) is 0 Å². The lowest BCUT2D eigenvalue weighted by atomic mass is 9.97. The third kappa shape index (κ3) is 5.25. The van der Waals surface area contributed by atoms with E-state index in [-0.39, 0.29) is 5.78 Å². The predicted octanol–water partition coefficient (Wildman–Crippen LogP) is 6.71. The molecule has 0 atom stereocenters. The average molecular weight is 501 g/mol. The summed E-state index contributed by atoms with van der Waals surface area (Å²) in [6, 6.07) is 21.6. The van der Waals surface area contributed by atoms with Gasteiger partial charge >= 0.3 is 0 Å². The quantitative estimate of drug-likeness (QED) is 0.259. The third-order valence-electron chi connectivity index (χ3n) is 6.83. The summed E-state index contributed by atoms with van der Waals surface area (Å²) in [5, 5.41) is 4.45. The van der Waals surface area contributed by atoms with E-state index < -0.39 is 0 Å². The van der Waals surface area contributed by atoms with Crippen molar-refractivity contribution < 1.29 is 14.3 Å².